The zero-order chi connectivity index (χ0) is 20.4. The van der Waals surface area contributed by atoms with Gasteiger partial charge >= 0.3 is 12.0 Å². The van der Waals surface area contributed by atoms with E-state index in [4.69, 9.17) is 4.74 Å². The topological polar surface area (TPSA) is 102 Å². The Morgan fingerprint density at radius 3 is 2.57 bits per heavy atom. The van der Waals surface area contributed by atoms with Crippen LogP contribution in [0, 0.1) is 12.7 Å². The van der Waals surface area contributed by atoms with Crippen LogP contribution in [0.5, 0.6) is 0 Å². The van der Waals surface area contributed by atoms with Crippen molar-refractivity contribution in [2.75, 3.05) is 7.05 Å². The Hall–Kier alpha value is -3.27. The second-order valence-corrected chi connectivity index (χ2v) is 6.95. The van der Waals surface area contributed by atoms with Gasteiger partial charge in [-0.2, -0.15) is 5.10 Å². The Morgan fingerprint density at radius 1 is 1.25 bits per heavy atom. The average Bonchev–Trinajstić information content (AvgIpc) is 3.23. The number of esters is 1. The molecule has 8 nitrogen and oxygen atoms in total. The lowest BCUT2D eigenvalue weighted by molar-refractivity contribution is -0.127. The Kier molecular flexibility index (Phi) is 5.41. The van der Waals surface area contributed by atoms with Crippen LogP contribution in [-0.4, -0.2) is 40.8 Å². The molecular weight excluding hydrogens is 387 g/mol. The highest BCUT2D eigenvalue weighted by molar-refractivity contribution is 7.20. The highest BCUT2D eigenvalue weighted by Crippen LogP contribution is 2.31. The summed E-state index contributed by atoms with van der Waals surface area (Å²) < 4.78 is 19.9. The Balaban J connectivity index is 1.83. The zero-order valence-electron chi connectivity index (χ0n) is 15.3. The van der Waals surface area contributed by atoms with Crippen LogP contribution in [0.3, 0.4) is 0 Å². The molecule has 3 rings (SSSR count). The Labute approximate surface area is 163 Å². The summed E-state index contributed by atoms with van der Waals surface area (Å²) >= 11 is 1.15. The van der Waals surface area contributed by atoms with Gasteiger partial charge in [-0.15, -0.1) is 11.3 Å². The van der Waals surface area contributed by atoms with E-state index in [2.05, 4.69) is 10.4 Å². The summed E-state index contributed by atoms with van der Waals surface area (Å²) in [6, 6.07) is 6.77. The molecule has 0 fully saturated rings. The monoisotopic (exact) mass is 404 g/mol. The number of rotatable bonds is 4. The van der Waals surface area contributed by atoms with Crippen LogP contribution in [-0.2, 0) is 9.53 Å². The number of benzene rings is 1. The standard InChI is InChI=1S/C18H17FN4O4S/c1-9-13-8-14(17(25)27-10(2)15(24)21-18(26)20-3)28-16(13)23(22-9)12-6-4-11(19)5-7-12/h4-8,10H,1-3H3,(H2,20,21,24,26)/t10-/m1/s1. The smallest absolute Gasteiger partial charge is 0.349 e. The number of halogens is 1. The molecule has 3 aromatic rings. The Bertz CT molecular complexity index is 1060. The molecule has 0 radical (unpaired) electrons. The van der Waals surface area contributed by atoms with Crippen LogP contribution < -0.4 is 10.6 Å². The molecule has 28 heavy (non-hydrogen) atoms. The molecular formula is C18H17FN4O4S. The summed E-state index contributed by atoms with van der Waals surface area (Å²) in [5.74, 6) is -1.78. The van der Waals surface area contributed by atoms with Crippen molar-refractivity contribution in [3.8, 4) is 5.69 Å². The number of hydrogen-bond donors (Lipinski definition) is 2. The molecule has 0 saturated heterocycles. The molecule has 3 amide bonds. The molecule has 146 valence electrons. The second-order valence-electron chi connectivity index (χ2n) is 5.92. The van der Waals surface area contributed by atoms with Gasteiger partial charge in [0.2, 0.25) is 0 Å². The summed E-state index contributed by atoms with van der Waals surface area (Å²) in [5.41, 5.74) is 1.35. The predicted molar refractivity (Wildman–Crippen MR) is 101 cm³/mol. The van der Waals surface area contributed by atoms with Crippen molar-refractivity contribution in [2.24, 2.45) is 0 Å². The molecule has 2 aromatic heterocycles. The third-order valence-corrected chi connectivity index (χ3v) is 5.02. The zero-order valence-corrected chi connectivity index (χ0v) is 16.1. The molecule has 0 unspecified atom stereocenters. The molecule has 0 spiro atoms. The molecule has 1 aromatic carbocycles. The van der Waals surface area contributed by atoms with Crippen LogP contribution in [0.4, 0.5) is 9.18 Å². The third kappa shape index (κ3) is 3.86. The predicted octanol–water partition coefficient (Wildman–Crippen LogP) is 2.54. The highest BCUT2D eigenvalue weighted by Gasteiger charge is 2.23. The second kappa shape index (κ2) is 7.77. The van der Waals surface area contributed by atoms with E-state index in [9.17, 15) is 18.8 Å². The lowest BCUT2D eigenvalue weighted by Crippen LogP contribution is -2.43. The van der Waals surface area contributed by atoms with E-state index in [0.29, 0.717) is 16.2 Å². The van der Waals surface area contributed by atoms with Crippen molar-refractivity contribution < 1.29 is 23.5 Å². The quantitative estimate of drug-likeness (QED) is 0.651. The van der Waals surface area contributed by atoms with Crippen LogP contribution >= 0.6 is 11.3 Å². The summed E-state index contributed by atoms with van der Waals surface area (Å²) in [7, 11) is 1.36. The SMILES string of the molecule is CNC(=O)NC(=O)[C@@H](C)OC(=O)c1cc2c(C)nn(-c3ccc(F)cc3)c2s1. The lowest BCUT2D eigenvalue weighted by atomic mass is 10.3. The number of nitrogens with zero attached hydrogens (tertiary/aromatic N) is 2. The van der Waals surface area contributed by atoms with Crippen LogP contribution in [0.25, 0.3) is 15.9 Å². The molecule has 2 N–H and O–H groups in total. The fourth-order valence-corrected chi connectivity index (χ4v) is 3.52. The number of thiophene rings is 1. The molecule has 0 aliphatic carbocycles. The van der Waals surface area contributed by atoms with E-state index >= 15 is 0 Å². The van der Waals surface area contributed by atoms with Crippen molar-refractivity contribution in [3.05, 3.63) is 46.7 Å². The molecule has 0 bridgehead atoms. The summed E-state index contributed by atoms with van der Waals surface area (Å²) in [5, 5.41) is 9.46. The van der Waals surface area contributed by atoms with E-state index in [1.165, 1.54) is 26.1 Å². The number of amides is 3. The van der Waals surface area contributed by atoms with E-state index in [0.717, 1.165) is 16.7 Å². The maximum atomic E-state index is 13.2. The fraction of sp³-hybridized carbons (Fsp3) is 0.222. The maximum Gasteiger partial charge on any atom is 0.349 e. The number of imide groups is 1. The fourth-order valence-electron chi connectivity index (χ4n) is 2.45. The normalized spacial score (nSPS) is 11.9. The van der Waals surface area contributed by atoms with Gasteiger partial charge in [0.15, 0.2) is 6.10 Å². The Morgan fingerprint density at radius 2 is 1.93 bits per heavy atom. The van der Waals surface area contributed by atoms with Crippen molar-refractivity contribution in [3.63, 3.8) is 0 Å². The summed E-state index contributed by atoms with van der Waals surface area (Å²) in [6.07, 6.45) is -1.15. The summed E-state index contributed by atoms with van der Waals surface area (Å²) in [4.78, 5) is 36.4. The number of hydrogen-bond acceptors (Lipinski definition) is 6. The first-order valence-corrected chi connectivity index (χ1v) is 9.10. The number of urea groups is 1. The van der Waals surface area contributed by atoms with E-state index < -0.39 is 24.0 Å². The van der Waals surface area contributed by atoms with Gasteiger partial charge in [0.1, 0.15) is 15.5 Å². The van der Waals surface area contributed by atoms with Crippen molar-refractivity contribution in [1.82, 2.24) is 20.4 Å². The maximum absolute atomic E-state index is 13.2. The minimum absolute atomic E-state index is 0.283. The number of aromatic nitrogens is 2. The van der Waals surface area contributed by atoms with Gasteiger partial charge in [-0.25, -0.2) is 18.7 Å². The number of nitrogens with one attached hydrogen (secondary N) is 2. The van der Waals surface area contributed by atoms with Gasteiger partial charge < -0.3 is 10.1 Å². The minimum Gasteiger partial charge on any atom is -0.448 e. The van der Waals surface area contributed by atoms with E-state index in [-0.39, 0.29) is 10.7 Å². The molecule has 1 atom stereocenters. The first-order valence-electron chi connectivity index (χ1n) is 8.28. The average molecular weight is 404 g/mol. The highest BCUT2D eigenvalue weighted by atomic mass is 32.1. The van der Waals surface area contributed by atoms with Crippen molar-refractivity contribution >= 4 is 39.5 Å². The number of aryl methyl sites for hydroxylation is 1. The van der Waals surface area contributed by atoms with Crippen molar-refractivity contribution in [2.45, 2.75) is 20.0 Å². The summed E-state index contributed by atoms with van der Waals surface area (Å²) in [6.45, 7) is 3.17. The number of carbonyl (C=O) groups excluding carboxylic acids is 3. The molecule has 0 saturated carbocycles. The van der Waals surface area contributed by atoms with Gasteiger partial charge in [-0.05, 0) is 44.2 Å². The van der Waals surface area contributed by atoms with Crippen molar-refractivity contribution in [1.29, 1.82) is 0 Å². The number of fused-ring (bicyclic) bond motifs is 1. The first kappa shape index (κ1) is 19.5. The lowest BCUT2D eigenvalue weighted by Gasteiger charge is -2.11. The molecule has 10 heteroatoms. The van der Waals surface area contributed by atoms with Gasteiger partial charge in [-0.1, -0.05) is 0 Å². The largest absolute Gasteiger partial charge is 0.448 e. The van der Waals surface area contributed by atoms with Gasteiger partial charge in [0.25, 0.3) is 5.91 Å². The minimum atomic E-state index is -1.15. The number of ether oxygens (including phenoxy) is 1. The molecule has 2 heterocycles. The molecule has 0 aliphatic rings. The molecule has 0 aliphatic heterocycles. The van der Waals surface area contributed by atoms with E-state index in [1.807, 2.05) is 5.32 Å². The first-order chi connectivity index (χ1) is 13.3. The van der Waals surface area contributed by atoms with Gasteiger partial charge in [-0.3, -0.25) is 10.1 Å². The number of carbonyl (C=O) groups is 3. The van der Waals surface area contributed by atoms with Crippen LogP contribution in [0.2, 0.25) is 0 Å². The van der Waals surface area contributed by atoms with Gasteiger partial charge in [0, 0.05) is 12.4 Å². The van der Waals surface area contributed by atoms with Crippen LogP contribution in [0.15, 0.2) is 30.3 Å². The van der Waals surface area contributed by atoms with Crippen LogP contribution in [0.1, 0.15) is 22.3 Å². The van der Waals surface area contributed by atoms with E-state index in [1.54, 1.807) is 29.8 Å². The van der Waals surface area contributed by atoms with Gasteiger partial charge in [0.05, 0.1) is 11.4 Å². The third-order valence-electron chi connectivity index (χ3n) is 3.93.